The van der Waals surface area contributed by atoms with Crippen LogP contribution in [0.2, 0.25) is 0 Å². The molecule has 154 valence electrons. The van der Waals surface area contributed by atoms with Crippen LogP contribution in [0.5, 0.6) is 0 Å². The Morgan fingerprint density at radius 2 is 1.79 bits per heavy atom. The number of halogens is 3. The molecular weight excluding hydrogens is 381 g/mol. The minimum absolute atomic E-state index is 0.612. The molecule has 1 N–H and O–H groups in total. The number of nitrogens with zero attached hydrogens (tertiary/aromatic N) is 1. The topological polar surface area (TPSA) is 98.5 Å². The molecule has 0 aliphatic heterocycles. The predicted octanol–water partition coefficient (Wildman–Crippen LogP) is 2.98. The van der Waals surface area contributed by atoms with Gasteiger partial charge in [0, 0.05) is 4.92 Å². The molecule has 2 atom stereocenters. The van der Waals surface area contributed by atoms with Crippen LogP contribution in [-0.4, -0.2) is 41.2 Å². The fourth-order valence-electron chi connectivity index (χ4n) is 2.18. The maximum Gasteiger partial charge on any atom is 0.471 e. The van der Waals surface area contributed by atoms with E-state index >= 15 is 0 Å². The summed E-state index contributed by atoms with van der Waals surface area (Å²) in [7, 11) is 0. The molecule has 0 bridgehead atoms. The summed E-state index contributed by atoms with van der Waals surface area (Å²) in [6.07, 6.45) is -2.63. The van der Waals surface area contributed by atoms with E-state index in [0.717, 1.165) is 0 Å². The SMILES string of the molecule is CC(C)(C)OC(=O)[C@@H](NC(=O)C(F)(F)F)[C@@H](/C=C/c1ccccc1)C[N+](=O)[O-]. The van der Waals surface area contributed by atoms with Crippen LogP contribution < -0.4 is 5.32 Å². The van der Waals surface area contributed by atoms with Gasteiger partial charge in [-0.2, -0.15) is 13.2 Å². The molecule has 28 heavy (non-hydrogen) atoms. The van der Waals surface area contributed by atoms with E-state index in [1.54, 1.807) is 30.3 Å². The molecule has 7 nitrogen and oxygen atoms in total. The second kappa shape index (κ2) is 9.34. The highest BCUT2D eigenvalue weighted by molar-refractivity contribution is 5.88. The van der Waals surface area contributed by atoms with Crippen LogP contribution in [0.1, 0.15) is 26.3 Å². The number of hydrogen-bond donors (Lipinski definition) is 1. The van der Waals surface area contributed by atoms with Crippen molar-refractivity contribution in [2.24, 2.45) is 5.92 Å². The predicted molar refractivity (Wildman–Crippen MR) is 94.7 cm³/mol. The van der Waals surface area contributed by atoms with Crippen LogP contribution in [0, 0.1) is 16.0 Å². The average molecular weight is 402 g/mol. The minimum atomic E-state index is -5.26. The monoisotopic (exact) mass is 402 g/mol. The summed E-state index contributed by atoms with van der Waals surface area (Å²) in [5.41, 5.74) is -0.457. The van der Waals surface area contributed by atoms with Gasteiger partial charge in [-0.05, 0) is 26.3 Å². The number of hydrogen-bond acceptors (Lipinski definition) is 5. The molecule has 0 aromatic heterocycles. The van der Waals surface area contributed by atoms with E-state index in [2.05, 4.69) is 0 Å². The van der Waals surface area contributed by atoms with E-state index < -0.39 is 47.1 Å². The van der Waals surface area contributed by atoms with Gasteiger partial charge in [-0.25, -0.2) is 4.79 Å². The largest absolute Gasteiger partial charge is 0.471 e. The van der Waals surface area contributed by atoms with Crippen molar-refractivity contribution in [3.63, 3.8) is 0 Å². The zero-order valence-corrected chi connectivity index (χ0v) is 15.5. The smallest absolute Gasteiger partial charge is 0.458 e. The zero-order valence-electron chi connectivity index (χ0n) is 15.5. The van der Waals surface area contributed by atoms with Crippen molar-refractivity contribution in [1.82, 2.24) is 5.32 Å². The Labute approximate surface area is 159 Å². The van der Waals surface area contributed by atoms with Gasteiger partial charge in [0.15, 0.2) is 0 Å². The molecule has 0 unspecified atom stereocenters. The maximum absolute atomic E-state index is 12.7. The molecule has 1 aromatic carbocycles. The Morgan fingerprint density at radius 3 is 2.25 bits per heavy atom. The first-order valence-corrected chi connectivity index (χ1v) is 8.25. The first-order valence-electron chi connectivity index (χ1n) is 8.25. The third kappa shape index (κ3) is 8.19. The fourth-order valence-corrected chi connectivity index (χ4v) is 2.18. The molecule has 10 heteroatoms. The van der Waals surface area contributed by atoms with E-state index in [1.807, 2.05) is 0 Å². The van der Waals surface area contributed by atoms with Gasteiger partial charge in [-0.1, -0.05) is 42.5 Å². The summed E-state index contributed by atoms with van der Waals surface area (Å²) in [5.74, 6) is -4.95. The summed E-state index contributed by atoms with van der Waals surface area (Å²) >= 11 is 0. The molecule has 0 fully saturated rings. The van der Waals surface area contributed by atoms with Crippen molar-refractivity contribution in [2.75, 3.05) is 6.54 Å². The summed E-state index contributed by atoms with van der Waals surface area (Å²) < 4.78 is 43.1. The van der Waals surface area contributed by atoms with Crippen LogP contribution in [-0.2, 0) is 14.3 Å². The quantitative estimate of drug-likeness (QED) is 0.430. The van der Waals surface area contributed by atoms with Gasteiger partial charge in [0.2, 0.25) is 6.54 Å². The van der Waals surface area contributed by atoms with Gasteiger partial charge < -0.3 is 10.1 Å². The van der Waals surface area contributed by atoms with Crippen molar-refractivity contribution in [2.45, 2.75) is 38.6 Å². The Hall–Kier alpha value is -2.91. The number of nitro groups is 1. The van der Waals surface area contributed by atoms with Crippen LogP contribution >= 0.6 is 0 Å². The molecule has 0 saturated heterocycles. The van der Waals surface area contributed by atoms with Gasteiger partial charge in [-0.3, -0.25) is 14.9 Å². The number of rotatable bonds is 7. The molecule has 0 aliphatic rings. The highest BCUT2D eigenvalue weighted by Gasteiger charge is 2.44. The molecule has 1 amide bonds. The third-order valence-electron chi connectivity index (χ3n) is 3.33. The van der Waals surface area contributed by atoms with Gasteiger partial charge in [0.25, 0.3) is 0 Å². The highest BCUT2D eigenvalue weighted by Crippen LogP contribution is 2.19. The first kappa shape index (κ1) is 23.1. The van der Waals surface area contributed by atoms with Crippen molar-refractivity contribution in [3.05, 3.63) is 52.1 Å². The highest BCUT2D eigenvalue weighted by atomic mass is 19.4. The van der Waals surface area contributed by atoms with Crippen LogP contribution in [0.4, 0.5) is 13.2 Å². The number of amides is 1. The number of carbonyl (C=O) groups is 2. The number of carbonyl (C=O) groups excluding carboxylic acids is 2. The second-order valence-electron chi connectivity index (χ2n) is 6.93. The molecule has 1 aromatic rings. The molecule has 0 spiro atoms. The Kier molecular flexibility index (Phi) is 7.71. The van der Waals surface area contributed by atoms with Gasteiger partial charge >= 0.3 is 18.1 Å². The van der Waals surface area contributed by atoms with Crippen molar-refractivity contribution >= 4 is 18.0 Å². The summed E-state index contributed by atoms with van der Waals surface area (Å²) in [4.78, 5) is 34.0. The molecule has 0 saturated carbocycles. The third-order valence-corrected chi connectivity index (χ3v) is 3.33. The van der Waals surface area contributed by atoms with Gasteiger partial charge in [0.1, 0.15) is 11.6 Å². The normalized spacial score (nSPS) is 14.4. The molecule has 0 radical (unpaired) electrons. The molecule has 1 rings (SSSR count). The van der Waals surface area contributed by atoms with Crippen molar-refractivity contribution in [1.29, 1.82) is 0 Å². The molecule has 0 heterocycles. The standard InChI is InChI=1S/C18H21F3N2O5/c1-17(2,3)28-15(24)14(22-16(25)18(19,20)21)13(11-23(26)27)10-9-12-7-5-4-6-8-12/h4-10,13-14H,11H2,1-3H3,(H,22,25)/b10-9+/t13-,14-/m0/s1. The summed E-state index contributed by atoms with van der Waals surface area (Å²) in [6.45, 7) is 3.56. The Morgan fingerprint density at radius 1 is 1.21 bits per heavy atom. The van der Waals surface area contributed by atoms with E-state index in [0.29, 0.717) is 5.56 Å². The lowest BCUT2D eigenvalue weighted by Gasteiger charge is -2.27. The minimum Gasteiger partial charge on any atom is -0.458 e. The van der Waals surface area contributed by atoms with E-state index in [9.17, 15) is 32.9 Å². The summed E-state index contributed by atoms with van der Waals surface area (Å²) in [6, 6.07) is 6.56. The first-order chi connectivity index (χ1) is 12.8. The number of esters is 1. The summed E-state index contributed by atoms with van der Waals surface area (Å²) in [5, 5.41) is 12.5. The maximum atomic E-state index is 12.7. The van der Waals surface area contributed by atoms with E-state index in [-0.39, 0.29) is 0 Å². The average Bonchev–Trinajstić information content (AvgIpc) is 2.54. The van der Waals surface area contributed by atoms with Crippen molar-refractivity contribution in [3.8, 4) is 0 Å². The van der Waals surface area contributed by atoms with Crippen LogP contribution in [0.3, 0.4) is 0 Å². The second-order valence-corrected chi connectivity index (χ2v) is 6.93. The van der Waals surface area contributed by atoms with Crippen molar-refractivity contribution < 1.29 is 32.4 Å². The van der Waals surface area contributed by atoms with Gasteiger partial charge in [0.05, 0.1) is 5.92 Å². The van der Waals surface area contributed by atoms with Crippen LogP contribution in [0.15, 0.2) is 36.4 Å². The number of ether oxygens (including phenoxy) is 1. The number of alkyl halides is 3. The lowest BCUT2D eigenvalue weighted by molar-refractivity contribution is -0.486. The molecular formula is C18H21F3N2O5. The zero-order chi connectivity index (χ0) is 21.5. The lowest BCUT2D eigenvalue weighted by atomic mass is 9.97. The Balaban J connectivity index is 3.23. The number of nitrogens with one attached hydrogen (secondary N) is 1. The van der Waals surface area contributed by atoms with E-state index in [4.69, 9.17) is 4.74 Å². The lowest BCUT2D eigenvalue weighted by Crippen LogP contribution is -2.53. The number of benzene rings is 1. The Bertz CT molecular complexity index is 727. The fraction of sp³-hybridized carbons (Fsp3) is 0.444. The van der Waals surface area contributed by atoms with Crippen LogP contribution in [0.25, 0.3) is 6.08 Å². The van der Waals surface area contributed by atoms with E-state index in [1.165, 1.54) is 38.2 Å². The van der Waals surface area contributed by atoms with Gasteiger partial charge in [-0.15, -0.1) is 0 Å². The molecule has 0 aliphatic carbocycles.